The van der Waals surface area contributed by atoms with Crippen LogP contribution in [0.2, 0.25) is 0 Å². The number of quaternary nitrogens is 1. The van der Waals surface area contributed by atoms with Crippen LogP contribution < -0.4 is 0 Å². The van der Waals surface area contributed by atoms with Gasteiger partial charge in [0.05, 0.1) is 34.4 Å². The molecule has 0 bridgehead atoms. The predicted molar refractivity (Wildman–Crippen MR) is 229 cm³/mol. The Bertz CT molecular complexity index is 1130. The number of carbonyl (C=O) groups is 3. The summed E-state index contributed by atoms with van der Waals surface area (Å²) in [4.78, 5) is 36.8. The molecule has 0 aromatic carbocycles. The van der Waals surface area contributed by atoms with Gasteiger partial charge in [-0.1, -0.05) is 145 Å². The fraction of sp³-hybridized carbons (Fsp3) is 0.681. The van der Waals surface area contributed by atoms with E-state index >= 15 is 0 Å². The molecule has 0 amide bonds. The van der Waals surface area contributed by atoms with E-state index in [4.69, 9.17) is 14.2 Å². The Kier molecular flexibility index (Phi) is 35.5. The third-order valence-corrected chi connectivity index (χ3v) is 9.12. The first-order valence-electron chi connectivity index (χ1n) is 21.5. The molecule has 8 heteroatoms. The molecule has 0 rings (SSSR count). The minimum Gasteiger partial charge on any atom is -0.477 e. The van der Waals surface area contributed by atoms with Crippen molar-refractivity contribution in [1.29, 1.82) is 0 Å². The van der Waals surface area contributed by atoms with Crippen molar-refractivity contribution in [2.75, 3.05) is 41.0 Å². The summed E-state index contributed by atoms with van der Waals surface area (Å²) >= 11 is 0. The van der Waals surface area contributed by atoms with E-state index in [1.165, 1.54) is 32.1 Å². The smallest absolute Gasteiger partial charge is 0.362 e. The molecule has 0 aromatic rings. The topological polar surface area (TPSA) is 99.1 Å². The summed E-state index contributed by atoms with van der Waals surface area (Å²) in [6.45, 7) is 4.54. The van der Waals surface area contributed by atoms with E-state index in [1.807, 2.05) is 21.1 Å². The van der Waals surface area contributed by atoms with Gasteiger partial charge in [0.2, 0.25) is 0 Å². The van der Waals surface area contributed by atoms with Crippen molar-refractivity contribution in [3.8, 4) is 0 Å². The van der Waals surface area contributed by atoms with Crippen LogP contribution in [0, 0.1) is 0 Å². The average molecular weight is 771 g/mol. The zero-order valence-corrected chi connectivity index (χ0v) is 35.6. The molecule has 0 radical (unpaired) electrons. The van der Waals surface area contributed by atoms with Gasteiger partial charge in [0.25, 0.3) is 0 Å². The molecule has 1 N–H and O–H groups in total. The highest BCUT2D eigenvalue weighted by Crippen LogP contribution is 2.13. The third-order valence-electron chi connectivity index (χ3n) is 9.12. The van der Waals surface area contributed by atoms with Crippen LogP contribution in [0.1, 0.15) is 155 Å². The Hall–Kier alpha value is -3.23. The van der Waals surface area contributed by atoms with Gasteiger partial charge in [-0.2, -0.15) is 0 Å². The number of rotatable bonds is 37. The Balaban J connectivity index is 4.34. The second kappa shape index (κ2) is 37.7. The molecule has 2 atom stereocenters. The van der Waals surface area contributed by atoms with E-state index < -0.39 is 18.1 Å². The first-order chi connectivity index (χ1) is 26.6. The summed E-state index contributed by atoms with van der Waals surface area (Å²) < 4.78 is 17.2. The molecule has 0 aliphatic rings. The number of hydrogen-bond donors (Lipinski definition) is 1. The van der Waals surface area contributed by atoms with Gasteiger partial charge in [0.1, 0.15) is 6.61 Å². The molecule has 0 aliphatic carbocycles. The minimum atomic E-state index is -0.883. The number of unbranched alkanes of at least 4 members (excludes halogenated alkanes) is 11. The second-order valence-electron chi connectivity index (χ2n) is 15.2. The highest BCUT2D eigenvalue weighted by molar-refractivity contribution is 5.72. The molecule has 0 saturated carbocycles. The van der Waals surface area contributed by atoms with E-state index in [1.54, 1.807) is 0 Å². The van der Waals surface area contributed by atoms with E-state index in [0.717, 1.165) is 89.9 Å². The number of nitrogens with zero attached hydrogens (tertiary/aromatic N) is 1. The lowest BCUT2D eigenvalue weighted by Crippen LogP contribution is -2.50. The van der Waals surface area contributed by atoms with E-state index in [9.17, 15) is 19.5 Å². The van der Waals surface area contributed by atoms with Crippen LogP contribution in [0.5, 0.6) is 0 Å². The van der Waals surface area contributed by atoms with Crippen LogP contribution in [-0.2, 0) is 28.6 Å². The van der Waals surface area contributed by atoms with Crippen LogP contribution >= 0.6 is 0 Å². The number of hydrogen-bond acceptors (Lipinski definition) is 6. The lowest BCUT2D eigenvalue weighted by Gasteiger charge is -2.31. The molecule has 55 heavy (non-hydrogen) atoms. The summed E-state index contributed by atoms with van der Waals surface area (Å²) in [6.07, 6.45) is 46.7. The largest absolute Gasteiger partial charge is 0.477 e. The van der Waals surface area contributed by atoms with Gasteiger partial charge in [0.15, 0.2) is 12.1 Å². The molecule has 0 heterocycles. The molecule has 8 nitrogen and oxygen atoms in total. The van der Waals surface area contributed by atoms with Gasteiger partial charge in [-0.15, -0.1) is 0 Å². The van der Waals surface area contributed by atoms with Crippen LogP contribution in [0.25, 0.3) is 0 Å². The van der Waals surface area contributed by atoms with Crippen molar-refractivity contribution in [3.63, 3.8) is 0 Å². The first-order valence-corrected chi connectivity index (χ1v) is 21.5. The highest BCUT2D eigenvalue weighted by Gasteiger charge is 2.31. The molecule has 2 unspecified atom stereocenters. The molecular formula is C47H80NO7+. The molecule has 0 aromatic heterocycles. The Morgan fingerprint density at radius 1 is 0.564 bits per heavy atom. The van der Waals surface area contributed by atoms with Crippen LogP contribution in [0.3, 0.4) is 0 Å². The van der Waals surface area contributed by atoms with Crippen molar-refractivity contribution in [1.82, 2.24) is 0 Å². The van der Waals surface area contributed by atoms with E-state index in [-0.39, 0.29) is 36.2 Å². The van der Waals surface area contributed by atoms with E-state index in [2.05, 4.69) is 86.8 Å². The molecular weight excluding hydrogens is 691 g/mol. The Morgan fingerprint density at radius 2 is 1.02 bits per heavy atom. The number of esters is 2. The molecule has 0 spiro atoms. The molecule has 0 aliphatic heterocycles. The summed E-state index contributed by atoms with van der Waals surface area (Å²) in [6, 6.07) is -0.621. The predicted octanol–water partition coefficient (Wildman–Crippen LogP) is 11.6. The fourth-order valence-corrected chi connectivity index (χ4v) is 5.80. The van der Waals surface area contributed by atoms with Gasteiger partial charge in [-0.3, -0.25) is 9.59 Å². The molecule has 0 fully saturated rings. The molecule has 314 valence electrons. The van der Waals surface area contributed by atoms with Gasteiger partial charge in [-0.05, 0) is 64.2 Å². The zero-order chi connectivity index (χ0) is 40.7. The van der Waals surface area contributed by atoms with Gasteiger partial charge in [0, 0.05) is 19.3 Å². The van der Waals surface area contributed by atoms with Crippen molar-refractivity contribution < 1.29 is 38.2 Å². The number of carboxylic acid groups (broad SMARTS) is 1. The maximum atomic E-state index is 12.7. The van der Waals surface area contributed by atoms with E-state index in [0.29, 0.717) is 19.3 Å². The standard InChI is InChI=1S/C47H79NO7/c1-6-8-10-12-14-16-17-18-19-20-21-22-23-24-25-26-27-28-29-30-32-34-36-38-46(50)55-43(41-53-40-39-44(47(51)52)48(3,4)5)42-54-45(49)37-35-33-31-15-13-11-9-7-2/h8,10,14,16,18-19,21-22,24-25,27-28,43-44H,6-7,9,11-13,15,17,20,23,26,29-42H2,1-5H3/p+1/b10-8+,16-14+,19-18+,22-21+,25-24+,28-27+. The number of likely N-dealkylation sites (N-methyl/N-ethyl adjacent to an activating group) is 1. The Morgan fingerprint density at radius 3 is 1.51 bits per heavy atom. The number of carboxylic acids is 1. The Labute approximate surface area is 336 Å². The van der Waals surface area contributed by atoms with Crippen LogP contribution in [0.15, 0.2) is 72.9 Å². The SMILES string of the molecule is CC/C=C/C/C=C/C/C=C/C/C=C/C/C=C/C/C=C/CCCCCCC(=O)OC(COCCC(C(=O)O)[N+](C)(C)C)COC(=O)CCCCCCCCCC. The molecule has 0 saturated heterocycles. The second-order valence-corrected chi connectivity index (χ2v) is 15.2. The van der Waals surface area contributed by atoms with Crippen molar-refractivity contribution in [2.24, 2.45) is 0 Å². The normalized spacial score (nSPS) is 13.7. The van der Waals surface area contributed by atoms with Crippen molar-refractivity contribution in [3.05, 3.63) is 72.9 Å². The summed E-state index contributed by atoms with van der Waals surface area (Å²) in [5.74, 6) is -1.51. The number of aliphatic carboxylic acids is 1. The first kappa shape index (κ1) is 51.8. The summed E-state index contributed by atoms with van der Waals surface area (Å²) in [5.41, 5.74) is 0. The lowest BCUT2D eigenvalue weighted by atomic mass is 10.1. The maximum absolute atomic E-state index is 12.7. The zero-order valence-electron chi connectivity index (χ0n) is 35.6. The number of ether oxygens (including phenoxy) is 3. The van der Waals surface area contributed by atoms with Crippen LogP contribution in [0.4, 0.5) is 0 Å². The monoisotopic (exact) mass is 771 g/mol. The van der Waals surface area contributed by atoms with Gasteiger partial charge >= 0.3 is 17.9 Å². The maximum Gasteiger partial charge on any atom is 0.362 e. The average Bonchev–Trinajstić information content (AvgIpc) is 3.14. The van der Waals surface area contributed by atoms with Gasteiger partial charge in [-0.25, -0.2) is 4.79 Å². The minimum absolute atomic E-state index is 0.0478. The summed E-state index contributed by atoms with van der Waals surface area (Å²) in [5, 5.41) is 9.59. The van der Waals surface area contributed by atoms with Gasteiger partial charge < -0.3 is 23.8 Å². The van der Waals surface area contributed by atoms with Crippen molar-refractivity contribution >= 4 is 17.9 Å². The van der Waals surface area contributed by atoms with Crippen molar-refractivity contribution in [2.45, 2.75) is 167 Å². The lowest BCUT2D eigenvalue weighted by molar-refractivity contribution is -0.887. The number of carbonyl (C=O) groups excluding carboxylic acids is 2. The van der Waals surface area contributed by atoms with Crippen LogP contribution in [-0.4, -0.2) is 80.6 Å². The fourth-order valence-electron chi connectivity index (χ4n) is 5.80. The third kappa shape index (κ3) is 36.2. The highest BCUT2D eigenvalue weighted by atomic mass is 16.6. The quantitative estimate of drug-likeness (QED) is 0.0291. The summed E-state index contributed by atoms with van der Waals surface area (Å²) in [7, 11) is 5.50. The number of allylic oxidation sites excluding steroid dienone is 12.